The maximum absolute atomic E-state index is 5.30. The van der Waals surface area contributed by atoms with Gasteiger partial charge in [0.05, 0.1) is 30.0 Å². The second-order valence-electron chi connectivity index (χ2n) is 3.74. The first-order chi connectivity index (χ1) is 7.25. The number of hydrogen-bond acceptors (Lipinski definition) is 5. The molecule has 2 heterocycles. The third-order valence-corrected chi connectivity index (χ3v) is 3.26. The van der Waals surface area contributed by atoms with Crippen LogP contribution in [0.25, 0.3) is 0 Å². The second kappa shape index (κ2) is 5.03. The van der Waals surface area contributed by atoms with Crippen LogP contribution >= 0.6 is 11.3 Å². The first-order valence-corrected chi connectivity index (χ1v) is 6.14. The summed E-state index contributed by atoms with van der Waals surface area (Å²) in [5.41, 5.74) is 4.57. The lowest BCUT2D eigenvalue weighted by Crippen LogP contribution is -2.46. The maximum atomic E-state index is 5.30. The minimum absolute atomic E-state index is 0.285. The number of aryl methyl sites for hydroxylation is 1. The number of rotatable bonds is 3. The number of aromatic nitrogens is 1. The molecule has 1 aromatic rings. The summed E-state index contributed by atoms with van der Waals surface area (Å²) in [6, 6.07) is 0.285. The number of nitrogens with zero attached hydrogens (tertiary/aromatic N) is 2. The van der Waals surface area contributed by atoms with Crippen LogP contribution in [0.4, 0.5) is 0 Å². The van der Waals surface area contributed by atoms with Crippen molar-refractivity contribution in [2.45, 2.75) is 19.9 Å². The summed E-state index contributed by atoms with van der Waals surface area (Å²) in [6.07, 6.45) is 0. The van der Waals surface area contributed by atoms with Gasteiger partial charge in [0.2, 0.25) is 0 Å². The van der Waals surface area contributed by atoms with Crippen LogP contribution in [-0.2, 0) is 4.74 Å². The quantitative estimate of drug-likeness (QED) is 0.846. The molecule has 0 aliphatic carbocycles. The van der Waals surface area contributed by atoms with E-state index < -0.39 is 0 Å². The van der Waals surface area contributed by atoms with Crippen molar-refractivity contribution in [1.82, 2.24) is 15.4 Å². The van der Waals surface area contributed by atoms with E-state index in [4.69, 9.17) is 4.74 Å². The number of hydrogen-bond donors (Lipinski definition) is 1. The third kappa shape index (κ3) is 2.98. The van der Waals surface area contributed by atoms with Crippen molar-refractivity contribution in [1.29, 1.82) is 0 Å². The van der Waals surface area contributed by atoms with E-state index in [1.807, 2.05) is 6.92 Å². The minimum Gasteiger partial charge on any atom is -0.379 e. The normalized spacial score (nSPS) is 20.4. The maximum Gasteiger partial charge on any atom is 0.0898 e. The smallest absolute Gasteiger partial charge is 0.0898 e. The fourth-order valence-corrected chi connectivity index (χ4v) is 2.32. The van der Waals surface area contributed by atoms with Gasteiger partial charge in [0, 0.05) is 18.5 Å². The molecular weight excluding hydrogens is 210 g/mol. The van der Waals surface area contributed by atoms with Gasteiger partial charge in [-0.15, -0.1) is 11.3 Å². The highest BCUT2D eigenvalue weighted by Gasteiger charge is 2.15. The van der Waals surface area contributed by atoms with Crippen molar-refractivity contribution < 1.29 is 4.74 Å². The molecule has 5 heteroatoms. The van der Waals surface area contributed by atoms with Crippen molar-refractivity contribution >= 4 is 11.3 Å². The predicted molar refractivity (Wildman–Crippen MR) is 60.8 cm³/mol. The van der Waals surface area contributed by atoms with E-state index in [1.54, 1.807) is 11.3 Å². The van der Waals surface area contributed by atoms with Gasteiger partial charge in [-0.2, -0.15) is 0 Å². The molecule has 1 N–H and O–H groups in total. The Labute approximate surface area is 94.2 Å². The summed E-state index contributed by atoms with van der Waals surface area (Å²) in [5.74, 6) is 0. The van der Waals surface area contributed by atoms with E-state index in [9.17, 15) is 0 Å². The predicted octanol–water partition coefficient (Wildman–Crippen LogP) is 1.35. The molecule has 1 aromatic heterocycles. The highest BCUT2D eigenvalue weighted by Crippen LogP contribution is 2.16. The van der Waals surface area contributed by atoms with E-state index in [0.29, 0.717) is 0 Å². The number of hydrazine groups is 1. The van der Waals surface area contributed by atoms with Gasteiger partial charge in [0.25, 0.3) is 0 Å². The van der Waals surface area contributed by atoms with Crippen LogP contribution in [0.1, 0.15) is 23.7 Å². The number of ether oxygens (including phenoxy) is 1. The van der Waals surface area contributed by atoms with Gasteiger partial charge in [0.1, 0.15) is 0 Å². The zero-order chi connectivity index (χ0) is 10.7. The second-order valence-corrected chi connectivity index (χ2v) is 4.80. The molecule has 1 unspecified atom stereocenters. The Morgan fingerprint density at radius 1 is 1.53 bits per heavy atom. The van der Waals surface area contributed by atoms with Crippen LogP contribution < -0.4 is 5.43 Å². The molecule has 1 fully saturated rings. The first-order valence-electron chi connectivity index (χ1n) is 5.26. The molecule has 1 atom stereocenters. The van der Waals surface area contributed by atoms with Crippen LogP contribution in [0.3, 0.4) is 0 Å². The van der Waals surface area contributed by atoms with Crippen molar-refractivity contribution in [2.75, 3.05) is 26.3 Å². The van der Waals surface area contributed by atoms with Crippen molar-refractivity contribution in [3.63, 3.8) is 0 Å². The van der Waals surface area contributed by atoms with E-state index in [0.717, 1.165) is 37.0 Å². The lowest BCUT2D eigenvalue weighted by molar-refractivity contribution is 0.00456. The molecule has 0 saturated carbocycles. The average molecular weight is 227 g/mol. The number of thiazole rings is 1. The SMILES string of the molecule is Cc1nc(C(C)NN2CCOCC2)cs1. The van der Waals surface area contributed by atoms with Crippen molar-refractivity contribution in [3.05, 3.63) is 16.1 Å². The molecule has 1 saturated heterocycles. The highest BCUT2D eigenvalue weighted by molar-refractivity contribution is 7.09. The minimum atomic E-state index is 0.285. The molecule has 4 nitrogen and oxygen atoms in total. The van der Waals surface area contributed by atoms with Crippen molar-refractivity contribution in [3.8, 4) is 0 Å². The summed E-state index contributed by atoms with van der Waals surface area (Å²) in [7, 11) is 0. The first kappa shape index (κ1) is 11.0. The standard InChI is InChI=1S/C10H17N3OS/c1-8(10-7-15-9(2)11-10)12-13-3-5-14-6-4-13/h7-8,12H,3-6H2,1-2H3. The Kier molecular flexibility index (Phi) is 3.69. The Balaban J connectivity index is 1.88. The summed E-state index contributed by atoms with van der Waals surface area (Å²) >= 11 is 1.70. The molecule has 1 aliphatic heterocycles. The van der Waals surface area contributed by atoms with Gasteiger partial charge in [-0.1, -0.05) is 0 Å². The Bertz CT molecular complexity index is 309. The summed E-state index contributed by atoms with van der Waals surface area (Å²) in [6.45, 7) is 7.71. The van der Waals surface area contributed by atoms with Crippen LogP contribution in [-0.4, -0.2) is 36.3 Å². The molecular formula is C10H17N3OS. The fraction of sp³-hybridized carbons (Fsp3) is 0.700. The molecule has 0 aromatic carbocycles. The number of nitrogens with one attached hydrogen (secondary N) is 1. The Morgan fingerprint density at radius 2 is 2.27 bits per heavy atom. The topological polar surface area (TPSA) is 37.4 Å². The monoisotopic (exact) mass is 227 g/mol. The zero-order valence-electron chi connectivity index (χ0n) is 9.19. The molecule has 15 heavy (non-hydrogen) atoms. The van der Waals surface area contributed by atoms with Crippen LogP contribution in [0, 0.1) is 6.92 Å². The van der Waals surface area contributed by atoms with Gasteiger partial charge >= 0.3 is 0 Å². The van der Waals surface area contributed by atoms with Crippen LogP contribution in [0.5, 0.6) is 0 Å². The summed E-state index contributed by atoms with van der Waals surface area (Å²) < 4.78 is 5.30. The Morgan fingerprint density at radius 3 is 2.87 bits per heavy atom. The highest BCUT2D eigenvalue weighted by atomic mass is 32.1. The van der Waals surface area contributed by atoms with Gasteiger partial charge in [0.15, 0.2) is 0 Å². The molecule has 84 valence electrons. The summed E-state index contributed by atoms with van der Waals surface area (Å²) in [5, 5.41) is 5.46. The van der Waals surface area contributed by atoms with Crippen molar-refractivity contribution in [2.24, 2.45) is 0 Å². The lowest BCUT2D eigenvalue weighted by atomic mass is 10.3. The lowest BCUT2D eigenvalue weighted by Gasteiger charge is -2.29. The van der Waals surface area contributed by atoms with E-state index in [-0.39, 0.29) is 6.04 Å². The molecule has 0 radical (unpaired) electrons. The molecule has 2 rings (SSSR count). The molecule has 0 amide bonds. The largest absolute Gasteiger partial charge is 0.379 e. The molecule has 1 aliphatic rings. The van der Waals surface area contributed by atoms with Gasteiger partial charge in [-0.3, -0.25) is 0 Å². The van der Waals surface area contributed by atoms with E-state index in [2.05, 4.69) is 27.7 Å². The van der Waals surface area contributed by atoms with Gasteiger partial charge < -0.3 is 4.74 Å². The fourth-order valence-electron chi connectivity index (χ4n) is 1.61. The number of morpholine rings is 1. The third-order valence-electron chi connectivity index (χ3n) is 2.47. The van der Waals surface area contributed by atoms with Gasteiger partial charge in [-0.25, -0.2) is 15.4 Å². The van der Waals surface area contributed by atoms with Gasteiger partial charge in [-0.05, 0) is 13.8 Å². The van der Waals surface area contributed by atoms with E-state index in [1.165, 1.54) is 0 Å². The van der Waals surface area contributed by atoms with Crippen LogP contribution in [0.2, 0.25) is 0 Å². The zero-order valence-corrected chi connectivity index (χ0v) is 10.0. The van der Waals surface area contributed by atoms with Crippen LogP contribution in [0.15, 0.2) is 5.38 Å². The molecule has 0 spiro atoms. The average Bonchev–Trinajstić information content (AvgIpc) is 2.66. The van der Waals surface area contributed by atoms with E-state index >= 15 is 0 Å². The molecule has 0 bridgehead atoms. The summed E-state index contributed by atoms with van der Waals surface area (Å²) in [4.78, 5) is 4.47. The Hall–Kier alpha value is -0.490.